The fourth-order valence-electron chi connectivity index (χ4n) is 2.85. The van der Waals surface area contributed by atoms with Gasteiger partial charge in [0.25, 0.3) is 5.56 Å². The van der Waals surface area contributed by atoms with Gasteiger partial charge in [0.2, 0.25) is 0 Å². The largest absolute Gasteiger partial charge is 0.497 e. The molecule has 2 heterocycles. The molecule has 1 aliphatic heterocycles. The quantitative estimate of drug-likeness (QED) is 0.342. The van der Waals surface area contributed by atoms with E-state index in [1.165, 1.54) is 23.9 Å². The van der Waals surface area contributed by atoms with Gasteiger partial charge < -0.3 is 14.2 Å². The van der Waals surface area contributed by atoms with Gasteiger partial charge in [0, 0.05) is 23.6 Å². The number of H-pyrrole nitrogens is 1. The van der Waals surface area contributed by atoms with Gasteiger partial charge in [-0.25, -0.2) is 9.59 Å². The molecular weight excluding hydrogens is 370 g/mol. The van der Waals surface area contributed by atoms with E-state index in [1.807, 2.05) is 0 Å². The van der Waals surface area contributed by atoms with E-state index in [0.29, 0.717) is 11.3 Å². The van der Waals surface area contributed by atoms with Crippen LogP contribution in [0.15, 0.2) is 51.2 Å². The molecule has 3 atom stereocenters. The van der Waals surface area contributed by atoms with Gasteiger partial charge in [-0.05, 0) is 29.8 Å². The van der Waals surface area contributed by atoms with Crippen LogP contribution in [0.2, 0.25) is 0 Å². The highest BCUT2D eigenvalue weighted by molar-refractivity contribution is 5.89. The molecule has 1 fully saturated rings. The van der Waals surface area contributed by atoms with Crippen molar-refractivity contribution in [3.8, 4) is 5.75 Å². The minimum Gasteiger partial charge on any atom is -0.497 e. The van der Waals surface area contributed by atoms with Crippen LogP contribution in [0.5, 0.6) is 5.75 Å². The fraction of sp³-hybridized carbons (Fsp3) is 0.353. The summed E-state index contributed by atoms with van der Waals surface area (Å²) in [5, 5.41) is 3.66. The maximum absolute atomic E-state index is 12.2. The van der Waals surface area contributed by atoms with Crippen LogP contribution >= 0.6 is 0 Å². The normalized spacial score (nSPS) is 21.0. The number of aromatic amines is 1. The van der Waals surface area contributed by atoms with E-state index < -0.39 is 35.6 Å². The Labute approximate surface area is 158 Å². The molecular formula is C17H17N5O6. The second-order valence-electron chi connectivity index (χ2n) is 5.98. The number of azide groups is 1. The zero-order chi connectivity index (χ0) is 20.1. The summed E-state index contributed by atoms with van der Waals surface area (Å²) in [6.07, 6.45) is -0.00246. The summed E-state index contributed by atoms with van der Waals surface area (Å²) in [5.74, 6) is 0.0314. The fourth-order valence-corrected chi connectivity index (χ4v) is 2.85. The Bertz CT molecular complexity index is 1010. The number of nitrogens with one attached hydrogen (secondary N) is 1. The lowest BCUT2D eigenvalue weighted by Gasteiger charge is -2.16. The average molecular weight is 387 g/mol. The first-order valence-corrected chi connectivity index (χ1v) is 8.34. The first-order valence-electron chi connectivity index (χ1n) is 8.34. The molecule has 0 aliphatic carbocycles. The van der Waals surface area contributed by atoms with Gasteiger partial charge in [0.1, 0.15) is 24.7 Å². The van der Waals surface area contributed by atoms with E-state index in [1.54, 1.807) is 24.3 Å². The highest BCUT2D eigenvalue weighted by Crippen LogP contribution is 2.30. The van der Waals surface area contributed by atoms with E-state index in [0.717, 1.165) is 0 Å². The Hall–Kier alpha value is -3.56. The molecule has 146 valence electrons. The lowest BCUT2D eigenvalue weighted by atomic mass is 10.1. The van der Waals surface area contributed by atoms with E-state index in [-0.39, 0.29) is 13.0 Å². The summed E-state index contributed by atoms with van der Waals surface area (Å²) < 4.78 is 17.2. The van der Waals surface area contributed by atoms with Crippen LogP contribution in [0.1, 0.15) is 23.0 Å². The third-order valence-corrected chi connectivity index (χ3v) is 4.27. The number of ether oxygens (including phenoxy) is 3. The number of methoxy groups -OCH3 is 1. The molecule has 1 aliphatic rings. The predicted molar refractivity (Wildman–Crippen MR) is 96.1 cm³/mol. The zero-order valence-electron chi connectivity index (χ0n) is 14.8. The topological polar surface area (TPSA) is 148 Å². The van der Waals surface area contributed by atoms with Crippen molar-refractivity contribution in [3.05, 3.63) is 73.4 Å². The smallest absolute Gasteiger partial charge is 0.338 e. The molecule has 2 aromatic rings. The third kappa shape index (κ3) is 4.22. The number of hydrogen-bond acceptors (Lipinski definition) is 7. The van der Waals surface area contributed by atoms with Crippen LogP contribution in [0.4, 0.5) is 0 Å². The van der Waals surface area contributed by atoms with Crippen molar-refractivity contribution in [2.24, 2.45) is 5.11 Å². The van der Waals surface area contributed by atoms with Gasteiger partial charge in [-0.3, -0.25) is 14.3 Å². The second kappa shape index (κ2) is 8.42. The van der Waals surface area contributed by atoms with Crippen molar-refractivity contribution < 1.29 is 19.0 Å². The minimum atomic E-state index is -0.760. The SMILES string of the molecule is COc1ccc(C(=O)OC[C@H]2O[C@@H](n3ccc(=O)[nH]c3=O)C[C@H]2N=[N+]=[N-])cc1. The van der Waals surface area contributed by atoms with E-state index >= 15 is 0 Å². The number of nitrogens with zero attached hydrogens (tertiary/aromatic N) is 4. The molecule has 0 amide bonds. The maximum atomic E-state index is 12.2. The van der Waals surface area contributed by atoms with E-state index in [2.05, 4.69) is 15.0 Å². The number of aromatic nitrogens is 2. The van der Waals surface area contributed by atoms with Crippen LogP contribution in [0.25, 0.3) is 10.4 Å². The molecule has 1 saturated heterocycles. The summed E-state index contributed by atoms with van der Waals surface area (Å²) in [6, 6.07) is 6.92. The molecule has 1 N–H and O–H groups in total. The average Bonchev–Trinajstić information content (AvgIpc) is 3.09. The highest BCUT2D eigenvalue weighted by atomic mass is 16.6. The molecule has 11 heteroatoms. The molecule has 0 unspecified atom stereocenters. The Morgan fingerprint density at radius 1 is 1.36 bits per heavy atom. The van der Waals surface area contributed by atoms with Crippen molar-refractivity contribution in [2.45, 2.75) is 24.8 Å². The molecule has 1 aromatic carbocycles. The number of benzene rings is 1. The number of carbonyl (C=O) groups is 1. The molecule has 0 saturated carbocycles. The van der Waals surface area contributed by atoms with Gasteiger partial charge >= 0.3 is 11.7 Å². The van der Waals surface area contributed by atoms with Crippen molar-refractivity contribution in [2.75, 3.05) is 13.7 Å². The molecule has 0 spiro atoms. The van der Waals surface area contributed by atoms with Gasteiger partial charge in [0.15, 0.2) is 0 Å². The molecule has 3 rings (SSSR count). The van der Waals surface area contributed by atoms with Gasteiger partial charge in [-0.15, -0.1) is 0 Å². The number of rotatable bonds is 6. The standard InChI is InChI=1S/C17H17N5O6/c1-26-11-4-2-10(3-5-11)16(24)27-9-13-12(20-21-18)8-15(28-13)22-7-6-14(23)19-17(22)25/h2-7,12-13,15H,8-9H2,1H3,(H,19,23,25)/t12-,13-,15-/m1/s1. The Morgan fingerprint density at radius 3 is 2.75 bits per heavy atom. The minimum absolute atomic E-state index is 0.164. The van der Waals surface area contributed by atoms with Crippen molar-refractivity contribution in [1.29, 1.82) is 0 Å². The van der Waals surface area contributed by atoms with Gasteiger partial charge in [0.05, 0.1) is 18.7 Å². The van der Waals surface area contributed by atoms with E-state index in [4.69, 9.17) is 19.7 Å². The van der Waals surface area contributed by atoms with Crippen molar-refractivity contribution >= 4 is 5.97 Å². The van der Waals surface area contributed by atoms with Crippen LogP contribution in [0, 0.1) is 0 Å². The molecule has 0 radical (unpaired) electrons. The Balaban J connectivity index is 1.69. The van der Waals surface area contributed by atoms with Crippen LogP contribution < -0.4 is 16.0 Å². The van der Waals surface area contributed by atoms with Crippen molar-refractivity contribution in [1.82, 2.24) is 9.55 Å². The van der Waals surface area contributed by atoms with Gasteiger partial charge in [-0.2, -0.15) is 0 Å². The monoisotopic (exact) mass is 387 g/mol. The highest BCUT2D eigenvalue weighted by Gasteiger charge is 2.37. The number of esters is 1. The third-order valence-electron chi connectivity index (χ3n) is 4.27. The maximum Gasteiger partial charge on any atom is 0.338 e. The summed E-state index contributed by atoms with van der Waals surface area (Å²) in [5.41, 5.74) is 7.91. The lowest BCUT2D eigenvalue weighted by Crippen LogP contribution is -2.32. The number of carbonyl (C=O) groups excluding carboxylic acids is 1. The second-order valence-corrected chi connectivity index (χ2v) is 5.98. The first-order chi connectivity index (χ1) is 13.5. The van der Waals surface area contributed by atoms with Crippen LogP contribution in [0.3, 0.4) is 0 Å². The van der Waals surface area contributed by atoms with E-state index in [9.17, 15) is 14.4 Å². The van der Waals surface area contributed by atoms with Crippen LogP contribution in [-0.2, 0) is 9.47 Å². The lowest BCUT2D eigenvalue weighted by molar-refractivity contribution is -0.0362. The molecule has 11 nitrogen and oxygen atoms in total. The summed E-state index contributed by atoms with van der Waals surface area (Å²) in [6.45, 7) is -0.164. The molecule has 0 bridgehead atoms. The van der Waals surface area contributed by atoms with Crippen LogP contribution in [-0.4, -0.2) is 41.4 Å². The Morgan fingerprint density at radius 2 is 2.11 bits per heavy atom. The summed E-state index contributed by atoms with van der Waals surface area (Å²) in [4.78, 5) is 40.2. The molecule has 28 heavy (non-hydrogen) atoms. The van der Waals surface area contributed by atoms with Gasteiger partial charge in [-0.1, -0.05) is 5.11 Å². The summed E-state index contributed by atoms with van der Waals surface area (Å²) in [7, 11) is 1.52. The predicted octanol–water partition coefficient (Wildman–Crippen LogP) is 1.37. The van der Waals surface area contributed by atoms with Crippen molar-refractivity contribution in [3.63, 3.8) is 0 Å². The zero-order valence-corrected chi connectivity index (χ0v) is 14.8. The molecule has 1 aromatic heterocycles. The summed E-state index contributed by atoms with van der Waals surface area (Å²) >= 11 is 0. The first kappa shape index (κ1) is 19.2. The Kier molecular flexibility index (Phi) is 5.78. The number of hydrogen-bond donors (Lipinski definition) is 1.